The Balaban J connectivity index is 1.46. The molecular weight excluding hydrogens is 298 g/mol. The molecule has 1 aromatic heterocycles. The lowest BCUT2D eigenvalue weighted by atomic mass is 10.2. The van der Waals surface area contributed by atoms with E-state index in [0.29, 0.717) is 11.8 Å². The van der Waals surface area contributed by atoms with Gasteiger partial charge < -0.3 is 4.90 Å². The number of hydrogen-bond donors (Lipinski definition) is 0. The van der Waals surface area contributed by atoms with E-state index in [0.717, 1.165) is 37.5 Å². The van der Waals surface area contributed by atoms with Crippen LogP contribution >= 0.6 is 11.8 Å². The number of rotatable bonds is 5. The van der Waals surface area contributed by atoms with E-state index >= 15 is 0 Å². The molecule has 1 aliphatic heterocycles. The van der Waals surface area contributed by atoms with Crippen LogP contribution in [0.25, 0.3) is 0 Å². The van der Waals surface area contributed by atoms with Crippen molar-refractivity contribution in [1.82, 2.24) is 25.1 Å². The Bertz CT molecular complexity index is 478. The number of thioether (sulfide) groups is 1. The second kappa shape index (κ2) is 7.94. The largest absolute Gasteiger partial charge is 0.342 e. The molecule has 0 spiro atoms. The van der Waals surface area contributed by atoms with Gasteiger partial charge in [-0.25, -0.2) is 4.68 Å². The van der Waals surface area contributed by atoms with Crippen molar-refractivity contribution in [2.45, 2.75) is 63.2 Å². The molecule has 0 unspecified atom stereocenters. The van der Waals surface area contributed by atoms with Crippen LogP contribution in [0.5, 0.6) is 0 Å². The number of likely N-dealkylation sites (tertiary alicyclic amines) is 1. The van der Waals surface area contributed by atoms with Gasteiger partial charge in [-0.3, -0.25) is 4.79 Å². The molecule has 1 saturated heterocycles. The maximum atomic E-state index is 12.3. The maximum Gasteiger partial charge on any atom is 0.232 e. The average Bonchev–Trinajstić information content (AvgIpc) is 3.13. The van der Waals surface area contributed by atoms with E-state index in [1.807, 2.05) is 9.58 Å². The third-order valence-corrected chi connectivity index (χ3v) is 5.56. The van der Waals surface area contributed by atoms with Crippen LogP contribution in [0.2, 0.25) is 0 Å². The minimum Gasteiger partial charge on any atom is -0.342 e. The van der Waals surface area contributed by atoms with E-state index < -0.39 is 0 Å². The van der Waals surface area contributed by atoms with Gasteiger partial charge in [0, 0.05) is 13.1 Å². The summed E-state index contributed by atoms with van der Waals surface area (Å²) >= 11 is 1.64. The third kappa shape index (κ3) is 4.00. The molecule has 1 amide bonds. The molecule has 2 fully saturated rings. The predicted octanol–water partition coefficient (Wildman–Crippen LogP) is 2.42. The summed E-state index contributed by atoms with van der Waals surface area (Å²) < 4.78 is 1.98. The normalized spacial score (nSPS) is 20.3. The van der Waals surface area contributed by atoms with Gasteiger partial charge in [0.2, 0.25) is 5.91 Å². The maximum absolute atomic E-state index is 12.3. The number of aromatic nitrogens is 4. The number of carbonyl (C=O) groups excluding carboxylic acids is 1. The lowest BCUT2D eigenvalue weighted by Crippen LogP contribution is -2.33. The minimum absolute atomic E-state index is 0.270. The Morgan fingerprint density at radius 2 is 1.82 bits per heavy atom. The van der Waals surface area contributed by atoms with Gasteiger partial charge in [-0.15, -0.1) is 16.9 Å². The summed E-state index contributed by atoms with van der Waals surface area (Å²) in [5.74, 6) is 2.45. The molecule has 1 aromatic rings. The summed E-state index contributed by atoms with van der Waals surface area (Å²) in [5, 5.41) is 12.1. The molecule has 2 heterocycles. The molecule has 0 radical (unpaired) electrons. The van der Waals surface area contributed by atoms with Crippen molar-refractivity contribution in [2.75, 3.05) is 18.8 Å². The van der Waals surface area contributed by atoms with E-state index in [4.69, 9.17) is 0 Å². The summed E-state index contributed by atoms with van der Waals surface area (Å²) in [6.45, 7) is 1.86. The second-order valence-corrected chi connectivity index (χ2v) is 7.25. The number of tetrazole rings is 1. The number of nitrogens with zero attached hydrogens (tertiary/aromatic N) is 5. The first-order chi connectivity index (χ1) is 10.8. The first-order valence-electron chi connectivity index (χ1n) is 8.47. The van der Waals surface area contributed by atoms with Crippen molar-refractivity contribution in [3.63, 3.8) is 0 Å². The lowest BCUT2D eigenvalue weighted by Gasteiger charge is -2.20. The summed E-state index contributed by atoms with van der Waals surface area (Å²) in [6, 6.07) is 0.465. The zero-order valence-electron chi connectivity index (χ0n) is 13.1. The molecule has 2 aliphatic rings. The standard InChI is InChI=1S/C15H25N5OS/c21-15(19-9-5-1-2-6-10-19)12-22-11-14-16-17-18-20(14)13-7-3-4-8-13/h13H,1-12H2. The zero-order valence-corrected chi connectivity index (χ0v) is 13.9. The van der Waals surface area contributed by atoms with Crippen LogP contribution in [-0.2, 0) is 10.5 Å². The van der Waals surface area contributed by atoms with E-state index in [1.165, 1.54) is 38.5 Å². The number of amides is 1. The van der Waals surface area contributed by atoms with Gasteiger partial charge >= 0.3 is 0 Å². The molecule has 0 aromatic carbocycles. The van der Waals surface area contributed by atoms with Crippen molar-refractivity contribution in [1.29, 1.82) is 0 Å². The first kappa shape index (κ1) is 15.8. The van der Waals surface area contributed by atoms with Crippen molar-refractivity contribution in [2.24, 2.45) is 0 Å². The molecule has 122 valence electrons. The van der Waals surface area contributed by atoms with Gasteiger partial charge in [-0.2, -0.15) is 0 Å². The highest BCUT2D eigenvalue weighted by Crippen LogP contribution is 2.29. The van der Waals surface area contributed by atoms with Gasteiger partial charge in [0.25, 0.3) is 0 Å². The Morgan fingerprint density at radius 3 is 2.55 bits per heavy atom. The van der Waals surface area contributed by atoms with Crippen molar-refractivity contribution < 1.29 is 4.79 Å². The van der Waals surface area contributed by atoms with Crippen LogP contribution < -0.4 is 0 Å². The average molecular weight is 323 g/mol. The van der Waals surface area contributed by atoms with E-state index in [-0.39, 0.29) is 5.91 Å². The number of hydrogen-bond acceptors (Lipinski definition) is 5. The Kier molecular flexibility index (Phi) is 5.70. The molecule has 0 bridgehead atoms. The fourth-order valence-corrected chi connectivity index (χ4v) is 4.21. The highest BCUT2D eigenvalue weighted by Gasteiger charge is 2.22. The highest BCUT2D eigenvalue weighted by atomic mass is 32.2. The second-order valence-electron chi connectivity index (χ2n) is 6.27. The summed E-state index contributed by atoms with van der Waals surface area (Å²) in [6.07, 6.45) is 9.70. The SMILES string of the molecule is O=C(CSCc1nnnn1C1CCCC1)N1CCCCCC1. The molecule has 3 rings (SSSR count). The predicted molar refractivity (Wildman–Crippen MR) is 86.5 cm³/mol. The quantitative estimate of drug-likeness (QED) is 0.832. The fraction of sp³-hybridized carbons (Fsp3) is 0.867. The van der Waals surface area contributed by atoms with Gasteiger partial charge in [0.15, 0.2) is 5.82 Å². The van der Waals surface area contributed by atoms with Crippen LogP contribution in [0.3, 0.4) is 0 Å². The van der Waals surface area contributed by atoms with Crippen LogP contribution in [0.4, 0.5) is 0 Å². The molecule has 22 heavy (non-hydrogen) atoms. The zero-order chi connectivity index (χ0) is 15.2. The van der Waals surface area contributed by atoms with Crippen LogP contribution in [0.15, 0.2) is 0 Å². The van der Waals surface area contributed by atoms with Crippen LogP contribution in [0.1, 0.15) is 63.2 Å². The summed E-state index contributed by atoms with van der Waals surface area (Å²) in [4.78, 5) is 14.3. The fourth-order valence-electron chi connectivity index (χ4n) is 3.38. The van der Waals surface area contributed by atoms with Crippen LogP contribution in [-0.4, -0.2) is 49.9 Å². The van der Waals surface area contributed by atoms with Crippen molar-refractivity contribution in [3.05, 3.63) is 5.82 Å². The van der Waals surface area contributed by atoms with E-state index in [2.05, 4.69) is 15.5 Å². The van der Waals surface area contributed by atoms with Gasteiger partial charge in [0.1, 0.15) is 0 Å². The van der Waals surface area contributed by atoms with Crippen LogP contribution in [0, 0.1) is 0 Å². The molecular formula is C15H25N5OS. The highest BCUT2D eigenvalue weighted by molar-refractivity contribution is 7.99. The third-order valence-electron chi connectivity index (χ3n) is 4.65. The molecule has 1 saturated carbocycles. The van der Waals surface area contributed by atoms with Gasteiger partial charge in [-0.05, 0) is 36.1 Å². The number of carbonyl (C=O) groups is 1. The topological polar surface area (TPSA) is 63.9 Å². The monoisotopic (exact) mass is 323 g/mol. The molecule has 7 heteroatoms. The molecule has 0 N–H and O–H groups in total. The van der Waals surface area contributed by atoms with Gasteiger partial charge in [-0.1, -0.05) is 25.7 Å². The van der Waals surface area contributed by atoms with E-state index in [9.17, 15) is 4.79 Å². The minimum atomic E-state index is 0.270. The Hall–Kier alpha value is -1.11. The summed E-state index contributed by atoms with van der Waals surface area (Å²) in [5.41, 5.74) is 0. The van der Waals surface area contributed by atoms with Crippen molar-refractivity contribution >= 4 is 17.7 Å². The Morgan fingerprint density at radius 1 is 1.09 bits per heavy atom. The summed E-state index contributed by atoms with van der Waals surface area (Å²) in [7, 11) is 0. The van der Waals surface area contributed by atoms with Gasteiger partial charge in [0.05, 0.1) is 17.5 Å². The first-order valence-corrected chi connectivity index (χ1v) is 9.62. The van der Waals surface area contributed by atoms with Crippen molar-refractivity contribution in [3.8, 4) is 0 Å². The molecule has 1 aliphatic carbocycles. The molecule has 6 nitrogen and oxygen atoms in total. The lowest BCUT2D eigenvalue weighted by molar-refractivity contribution is -0.128. The van der Waals surface area contributed by atoms with E-state index in [1.54, 1.807) is 11.8 Å². The molecule has 0 atom stereocenters. The Labute approximate surface area is 136 Å². The smallest absolute Gasteiger partial charge is 0.232 e.